The highest BCUT2D eigenvalue weighted by atomic mass is 16.5. The number of primary amides is 1. The maximum atomic E-state index is 11.9. The summed E-state index contributed by atoms with van der Waals surface area (Å²) < 4.78 is 5.47. The highest BCUT2D eigenvalue weighted by Gasteiger charge is 2.26. The largest absolute Gasteiger partial charge is 0.365 e. The summed E-state index contributed by atoms with van der Waals surface area (Å²) in [5, 5.41) is 4.08. The highest BCUT2D eigenvalue weighted by Crippen LogP contribution is 2.26. The average molecular weight is 359 g/mol. The summed E-state index contributed by atoms with van der Waals surface area (Å²) in [6.07, 6.45) is 2.85. The summed E-state index contributed by atoms with van der Waals surface area (Å²) in [7, 11) is 0. The molecule has 0 unspecified atom stereocenters. The van der Waals surface area contributed by atoms with Gasteiger partial charge in [-0.15, -0.1) is 0 Å². The van der Waals surface area contributed by atoms with E-state index in [1.807, 2.05) is 0 Å². The Hall–Kier alpha value is -2.48. The Morgan fingerprint density at radius 3 is 2.96 bits per heavy atom. The SMILES string of the molecule is CC(C)Cc1noc([C@@H]2CCCN(Cc3ccc(C(N)=O)c(=O)[nH]3)C2)n1. The predicted molar refractivity (Wildman–Crippen MR) is 95.7 cm³/mol. The molecule has 1 aliphatic heterocycles. The van der Waals surface area contributed by atoms with E-state index in [9.17, 15) is 9.59 Å². The van der Waals surface area contributed by atoms with Crippen molar-refractivity contribution in [2.75, 3.05) is 13.1 Å². The molecule has 1 aliphatic rings. The zero-order chi connectivity index (χ0) is 18.7. The Balaban J connectivity index is 1.65. The molecule has 3 heterocycles. The van der Waals surface area contributed by atoms with Gasteiger partial charge in [-0.2, -0.15) is 4.98 Å². The van der Waals surface area contributed by atoms with Crippen molar-refractivity contribution in [1.82, 2.24) is 20.0 Å². The second-order valence-electron chi connectivity index (χ2n) is 7.31. The van der Waals surface area contributed by atoms with Crippen LogP contribution in [0.5, 0.6) is 0 Å². The first-order chi connectivity index (χ1) is 12.4. The Labute approximate surface area is 151 Å². The van der Waals surface area contributed by atoms with E-state index in [4.69, 9.17) is 10.3 Å². The number of carbonyl (C=O) groups is 1. The highest BCUT2D eigenvalue weighted by molar-refractivity contribution is 5.92. The second kappa shape index (κ2) is 7.82. The molecule has 1 fully saturated rings. The zero-order valence-corrected chi connectivity index (χ0v) is 15.2. The fourth-order valence-electron chi connectivity index (χ4n) is 3.32. The van der Waals surface area contributed by atoms with Crippen LogP contribution in [0, 0.1) is 5.92 Å². The van der Waals surface area contributed by atoms with Crippen LogP contribution in [0.2, 0.25) is 0 Å². The molecule has 2 aromatic rings. The van der Waals surface area contributed by atoms with Crippen molar-refractivity contribution in [3.8, 4) is 0 Å². The van der Waals surface area contributed by atoms with Gasteiger partial charge in [0.1, 0.15) is 5.56 Å². The van der Waals surface area contributed by atoms with Gasteiger partial charge in [-0.1, -0.05) is 19.0 Å². The van der Waals surface area contributed by atoms with Gasteiger partial charge in [-0.25, -0.2) is 0 Å². The minimum atomic E-state index is -0.718. The summed E-state index contributed by atoms with van der Waals surface area (Å²) in [6, 6.07) is 3.21. The van der Waals surface area contributed by atoms with Crippen LogP contribution < -0.4 is 11.3 Å². The number of likely N-dealkylation sites (tertiary alicyclic amines) is 1. The maximum Gasteiger partial charge on any atom is 0.261 e. The Kier molecular flexibility index (Phi) is 5.51. The van der Waals surface area contributed by atoms with Crippen molar-refractivity contribution in [3.05, 3.63) is 45.5 Å². The van der Waals surface area contributed by atoms with Gasteiger partial charge in [0.2, 0.25) is 5.89 Å². The summed E-state index contributed by atoms with van der Waals surface area (Å²) in [4.78, 5) is 32.6. The zero-order valence-electron chi connectivity index (χ0n) is 15.2. The van der Waals surface area contributed by atoms with Crippen molar-refractivity contribution in [1.29, 1.82) is 0 Å². The monoisotopic (exact) mass is 359 g/mol. The van der Waals surface area contributed by atoms with Gasteiger partial charge < -0.3 is 15.2 Å². The molecule has 0 aliphatic carbocycles. The lowest BCUT2D eigenvalue weighted by Gasteiger charge is -2.30. The number of aromatic nitrogens is 3. The first-order valence-corrected chi connectivity index (χ1v) is 8.99. The van der Waals surface area contributed by atoms with Gasteiger partial charge in [0.05, 0.1) is 5.92 Å². The third-order valence-corrected chi connectivity index (χ3v) is 4.56. The number of nitrogens with one attached hydrogen (secondary N) is 1. The lowest BCUT2D eigenvalue weighted by atomic mass is 9.97. The second-order valence-corrected chi connectivity index (χ2v) is 7.31. The molecule has 8 heteroatoms. The molecule has 8 nitrogen and oxygen atoms in total. The molecule has 0 bridgehead atoms. The molecule has 26 heavy (non-hydrogen) atoms. The molecule has 0 radical (unpaired) electrons. The molecule has 140 valence electrons. The molecule has 1 saturated heterocycles. The Morgan fingerprint density at radius 1 is 1.46 bits per heavy atom. The van der Waals surface area contributed by atoms with Gasteiger partial charge in [-0.05, 0) is 37.4 Å². The molecule has 1 atom stereocenters. The summed E-state index contributed by atoms with van der Waals surface area (Å²) >= 11 is 0. The van der Waals surface area contributed by atoms with E-state index in [2.05, 4.69) is 33.9 Å². The molecule has 0 aromatic carbocycles. The molecular weight excluding hydrogens is 334 g/mol. The van der Waals surface area contributed by atoms with Gasteiger partial charge in [0.15, 0.2) is 5.82 Å². The van der Waals surface area contributed by atoms with Crippen molar-refractivity contribution >= 4 is 5.91 Å². The van der Waals surface area contributed by atoms with E-state index in [-0.39, 0.29) is 11.5 Å². The average Bonchev–Trinajstić information content (AvgIpc) is 3.02. The van der Waals surface area contributed by atoms with E-state index in [0.29, 0.717) is 18.4 Å². The first kappa shape index (κ1) is 18.3. The van der Waals surface area contributed by atoms with Crippen molar-refractivity contribution in [2.24, 2.45) is 11.7 Å². The minimum Gasteiger partial charge on any atom is -0.365 e. The molecule has 3 rings (SSSR count). The first-order valence-electron chi connectivity index (χ1n) is 8.99. The van der Waals surface area contributed by atoms with Gasteiger partial charge >= 0.3 is 0 Å². The van der Waals surface area contributed by atoms with Crippen molar-refractivity contribution < 1.29 is 9.32 Å². The van der Waals surface area contributed by atoms with Gasteiger partial charge in [-0.3, -0.25) is 14.5 Å². The number of piperidine rings is 1. The molecule has 3 N–H and O–H groups in total. The van der Waals surface area contributed by atoms with Crippen LogP contribution >= 0.6 is 0 Å². The van der Waals surface area contributed by atoms with E-state index in [1.165, 1.54) is 6.07 Å². The van der Waals surface area contributed by atoms with E-state index >= 15 is 0 Å². The van der Waals surface area contributed by atoms with Crippen LogP contribution in [-0.4, -0.2) is 39.0 Å². The summed E-state index contributed by atoms with van der Waals surface area (Å²) in [6.45, 7) is 6.58. The maximum absolute atomic E-state index is 11.9. The van der Waals surface area contributed by atoms with E-state index in [1.54, 1.807) is 6.07 Å². The molecule has 0 saturated carbocycles. The van der Waals surface area contributed by atoms with Crippen LogP contribution in [0.15, 0.2) is 21.5 Å². The van der Waals surface area contributed by atoms with E-state index in [0.717, 1.165) is 43.9 Å². The normalized spacial score (nSPS) is 18.3. The smallest absolute Gasteiger partial charge is 0.261 e. The van der Waals surface area contributed by atoms with Crippen molar-refractivity contribution in [2.45, 2.75) is 45.6 Å². The topological polar surface area (TPSA) is 118 Å². The number of hydrogen-bond donors (Lipinski definition) is 2. The number of nitrogens with two attached hydrogens (primary N) is 1. The quantitative estimate of drug-likeness (QED) is 0.805. The fraction of sp³-hybridized carbons (Fsp3) is 0.556. The molecule has 1 amide bonds. The van der Waals surface area contributed by atoms with E-state index < -0.39 is 11.5 Å². The van der Waals surface area contributed by atoms with Crippen LogP contribution in [0.25, 0.3) is 0 Å². The summed E-state index contributed by atoms with van der Waals surface area (Å²) in [5.41, 5.74) is 5.46. The number of pyridine rings is 1. The third kappa shape index (κ3) is 4.37. The predicted octanol–water partition coefficient (Wildman–Crippen LogP) is 1.43. The van der Waals surface area contributed by atoms with Crippen LogP contribution in [-0.2, 0) is 13.0 Å². The Morgan fingerprint density at radius 2 is 2.27 bits per heavy atom. The number of amides is 1. The van der Waals surface area contributed by atoms with Gasteiger partial charge in [0.25, 0.3) is 11.5 Å². The lowest BCUT2D eigenvalue weighted by Crippen LogP contribution is -2.35. The number of nitrogens with zero attached hydrogens (tertiary/aromatic N) is 3. The number of aromatic amines is 1. The van der Waals surface area contributed by atoms with Crippen molar-refractivity contribution in [3.63, 3.8) is 0 Å². The Bertz CT molecular complexity index is 826. The number of H-pyrrole nitrogens is 1. The standard InChI is InChI=1S/C18H25N5O3/c1-11(2)8-15-21-18(26-22-15)12-4-3-7-23(9-12)10-13-5-6-14(16(19)24)17(25)20-13/h5-6,11-12H,3-4,7-10H2,1-2H3,(H2,19,24)(H,20,25)/t12-/m1/s1. The van der Waals surface area contributed by atoms with Gasteiger partial charge in [0, 0.05) is 25.2 Å². The summed E-state index contributed by atoms with van der Waals surface area (Å²) in [5.74, 6) is 1.43. The third-order valence-electron chi connectivity index (χ3n) is 4.56. The lowest BCUT2D eigenvalue weighted by molar-refractivity contribution is 0.0998. The molecule has 2 aromatic heterocycles. The number of carbonyl (C=O) groups excluding carboxylic acids is 1. The van der Waals surface area contributed by atoms with Crippen LogP contribution in [0.3, 0.4) is 0 Å². The number of rotatable bonds is 6. The molecular formula is C18H25N5O3. The van der Waals surface area contributed by atoms with Crippen LogP contribution in [0.4, 0.5) is 0 Å². The van der Waals surface area contributed by atoms with Crippen LogP contribution in [0.1, 0.15) is 60.4 Å². The minimum absolute atomic E-state index is 0.0196. The fourth-order valence-corrected chi connectivity index (χ4v) is 3.32. The molecule has 0 spiro atoms. The number of hydrogen-bond acceptors (Lipinski definition) is 6.